The Labute approximate surface area is 214 Å². The summed E-state index contributed by atoms with van der Waals surface area (Å²) in [6.45, 7) is 0.867. The summed E-state index contributed by atoms with van der Waals surface area (Å²) in [7, 11) is 3.37. The summed E-state index contributed by atoms with van der Waals surface area (Å²) in [5.74, 6) is 1.23. The van der Waals surface area contributed by atoms with Gasteiger partial charge in [0.05, 0.1) is 24.6 Å². The fourth-order valence-corrected chi connectivity index (χ4v) is 4.74. The maximum atomic E-state index is 12.3. The number of hydrogen-bond acceptors (Lipinski definition) is 9. The molecule has 3 aromatic heterocycles. The Hall–Kier alpha value is -4.48. The van der Waals surface area contributed by atoms with Crippen molar-refractivity contribution in [2.75, 3.05) is 17.5 Å². The van der Waals surface area contributed by atoms with E-state index < -0.39 is 5.91 Å². The van der Waals surface area contributed by atoms with Gasteiger partial charge in [-0.1, -0.05) is 25.3 Å². The molecule has 4 aromatic rings. The average Bonchev–Trinajstić information content (AvgIpc) is 3.56. The Kier molecular flexibility index (Phi) is 6.97. The smallest absolute Gasteiger partial charge is 0.254 e. The van der Waals surface area contributed by atoms with Crippen LogP contribution < -0.4 is 20.9 Å². The van der Waals surface area contributed by atoms with Gasteiger partial charge in [0.1, 0.15) is 23.9 Å². The molecule has 0 atom stereocenters. The molecular weight excluding hydrogens is 472 g/mol. The van der Waals surface area contributed by atoms with Crippen molar-refractivity contribution in [1.82, 2.24) is 34.5 Å². The van der Waals surface area contributed by atoms with Gasteiger partial charge in [-0.3, -0.25) is 19.6 Å². The Morgan fingerprint density at radius 1 is 1.22 bits per heavy atom. The van der Waals surface area contributed by atoms with E-state index in [1.165, 1.54) is 44.6 Å². The number of hydrazine groups is 1. The number of amides is 1. The predicted molar refractivity (Wildman–Crippen MR) is 138 cm³/mol. The van der Waals surface area contributed by atoms with E-state index in [0.29, 0.717) is 34.4 Å². The van der Waals surface area contributed by atoms with Crippen LogP contribution in [0.3, 0.4) is 0 Å². The molecule has 1 aliphatic carbocycles. The van der Waals surface area contributed by atoms with E-state index in [4.69, 9.17) is 10.5 Å². The van der Waals surface area contributed by atoms with Gasteiger partial charge in [0, 0.05) is 26.0 Å². The maximum Gasteiger partial charge on any atom is 0.254 e. The van der Waals surface area contributed by atoms with E-state index in [1.807, 2.05) is 29.1 Å². The van der Waals surface area contributed by atoms with Gasteiger partial charge < -0.3 is 10.5 Å². The largest absolute Gasteiger partial charge is 0.494 e. The molecule has 12 heteroatoms. The molecule has 3 heterocycles. The fourth-order valence-electron chi connectivity index (χ4n) is 4.74. The van der Waals surface area contributed by atoms with Crippen LogP contribution in [-0.4, -0.2) is 47.5 Å². The number of nitrogens with zero attached hydrogens (tertiary/aromatic N) is 8. The molecule has 3 N–H and O–H groups in total. The molecule has 12 nitrogen and oxygen atoms in total. The number of rotatable bonds is 9. The van der Waals surface area contributed by atoms with Crippen molar-refractivity contribution in [2.24, 2.45) is 18.7 Å². The van der Waals surface area contributed by atoms with Gasteiger partial charge in [0.15, 0.2) is 17.4 Å². The molecule has 0 spiro atoms. The molecule has 1 aliphatic rings. The lowest BCUT2D eigenvalue weighted by Gasteiger charge is -2.27. The van der Waals surface area contributed by atoms with Crippen molar-refractivity contribution < 1.29 is 9.53 Å². The van der Waals surface area contributed by atoms with E-state index in [2.05, 4.69) is 30.6 Å². The van der Waals surface area contributed by atoms with Gasteiger partial charge in [0.25, 0.3) is 5.91 Å². The second-order valence-electron chi connectivity index (χ2n) is 9.13. The Balaban J connectivity index is 1.55. The molecule has 5 rings (SSSR count). The molecule has 192 valence electrons. The average molecular weight is 503 g/mol. The van der Waals surface area contributed by atoms with Crippen LogP contribution in [0, 0.1) is 5.92 Å². The summed E-state index contributed by atoms with van der Waals surface area (Å²) in [5, 5.41) is 10.6. The normalized spacial score (nSPS) is 13.9. The van der Waals surface area contributed by atoms with Crippen molar-refractivity contribution in [3.8, 4) is 17.1 Å². The molecule has 0 radical (unpaired) electrons. The fraction of sp³-hybridized carbons (Fsp3) is 0.360. The van der Waals surface area contributed by atoms with E-state index in [-0.39, 0.29) is 11.4 Å². The van der Waals surface area contributed by atoms with Crippen LogP contribution in [0.25, 0.3) is 11.4 Å². The predicted octanol–water partition coefficient (Wildman–Crippen LogP) is 3.32. The van der Waals surface area contributed by atoms with Crippen LogP contribution in [0.5, 0.6) is 5.75 Å². The standard InChI is InChI=1S/C25H30N10O2/c1-33-16-29-24(32-33)19-9-6-10-21(22(19)37-2)35(25-20(23(26)36)12-27-15-28-25)31-18-11-30-34(14-18)13-17-7-4-3-5-8-17/h6,9-12,14-17,31H,3-5,7-8,13H2,1-2H3,(H2,26,36). The van der Waals surface area contributed by atoms with Crippen molar-refractivity contribution in [3.63, 3.8) is 0 Å². The molecule has 0 unspecified atom stereocenters. The third-order valence-electron chi connectivity index (χ3n) is 6.49. The summed E-state index contributed by atoms with van der Waals surface area (Å²) in [6.07, 6.45) is 14.4. The molecule has 0 aliphatic heterocycles. The minimum absolute atomic E-state index is 0.146. The van der Waals surface area contributed by atoms with E-state index in [9.17, 15) is 4.79 Å². The van der Waals surface area contributed by atoms with Gasteiger partial charge in [-0.25, -0.2) is 20.0 Å². The number of benzene rings is 1. The van der Waals surface area contributed by atoms with Gasteiger partial charge >= 0.3 is 0 Å². The first-order chi connectivity index (χ1) is 18.0. The highest BCUT2D eigenvalue weighted by Crippen LogP contribution is 2.40. The number of anilines is 3. The number of carbonyl (C=O) groups is 1. The number of hydrogen-bond donors (Lipinski definition) is 2. The Bertz CT molecular complexity index is 1380. The van der Waals surface area contributed by atoms with Crippen LogP contribution >= 0.6 is 0 Å². The Morgan fingerprint density at radius 2 is 2.05 bits per heavy atom. The third kappa shape index (κ3) is 5.22. The van der Waals surface area contributed by atoms with Gasteiger partial charge in [-0.15, -0.1) is 0 Å². The van der Waals surface area contributed by atoms with Gasteiger partial charge in [-0.05, 0) is 30.9 Å². The lowest BCUT2D eigenvalue weighted by molar-refractivity contribution is 0.1000. The highest BCUT2D eigenvalue weighted by Gasteiger charge is 2.25. The SMILES string of the molecule is COc1c(-c2ncn(C)n2)cccc1N(Nc1cnn(CC2CCCCC2)c1)c1ncncc1C(N)=O. The van der Waals surface area contributed by atoms with Crippen LogP contribution in [0.1, 0.15) is 42.5 Å². The maximum absolute atomic E-state index is 12.3. The van der Waals surface area contributed by atoms with E-state index >= 15 is 0 Å². The first-order valence-corrected chi connectivity index (χ1v) is 12.3. The van der Waals surface area contributed by atoms with E-state index in [1.54, 1.807) is 36.4 Å². The minimum Gasteiger partial charge on any atom is -0.494 e. The molecule has 1 fully saturated rings. The summed E-state index contributed by atoms with van der Waals surface area (Å²) < 4.78 is 9.41. The third-order valence-corrected chi connectivity index (χ3v) is 6.49. The van der Waals surface area contributed by atoms with E-state index in [0.717, 1.165) is 6.54 Å². The van der Waals surface area contributed by atoms with Crippen molar-refractivity contribution >= 4 is 23.1 Å². The second-order valence-corrected chi connectivity index (χ2v) is 9.13. The summed E-state index contributed by atoms with van der Waals surface area (Å²) in [4.78, 5) is 25.1. The first kappa shape index (κ1) is 24.2. The zero-order valence-electron chi connectivity index (χ0n) is 20.9. The van der Waals surface area contributed by atoms with Gasteiger partial charge in [-0.2, -0.15) is 10.2 Å². The number of para-hydroxylation sites is 1. The molecule has 0 saturated heterocycles. The van der Waals surface area contributed by atoms with Crippen LogP contribution in [0.4, 0.5) is 17.2 Å². The lowest BCUT2D eigenvalue weighted by Crippen LogP contribution is -2.29. The second kappa shape index (κ2) is 10.6. The van der Waals surface area contributed by atoms with Gasteiger partial charge in [0.2, 0.25) is 0 Å². The zero-order chi connectivity index (χ0) is 25.8. The van der Waals surface area contributed by atoms with Crippen molar-refractivity contribution in [1.29, 1.82) is 0 Å². The van der Waals surface area contributed by atoms with Crippen molar-refractivity contribution in [3.05, 3.63) is 55.0 Å². The molecule has 1 aromatic carbocycles. The van der Waals surface area contributed by atoms with Crippen LogP contribution in [0.15, 0.2) is 49.4 Å². The number of aromatic nitrogens is 7. The number of aryl methyl sites for hydroxylation is 1. The molecule has 1 saturated carbocycles. The number of ether oxygens (including phenoxy) is 1. The summed E-state index contributed by atoms with van der Waals surface area (Å²) in [6, 6.07) is 5.57. The number of nitrogens with two attached hydrogens (primary N) is 1. The van der Waals surface area contributed by atoms with Crippen LogP contribution in [-0.2, 0) is 13.6 Å². The quantitative estimate of drug-likeness (QED) is 0.330. The number of methoxy groups -OCH3 is 1. The van der Waals surface area contributed by atoms with Crippen molar-refractivity contribution in [2.45, 2.75) is 38.6 Å². The zero-order valence-corrected chi connectivity index (χ0v) is 20.9. The molecular formula is C25H30N10O2. The first-order valence-electron chi connectivity index (χ1n) is 12.3. The lowest BCUT2D eigenvalue weighted by atomic mass is 9.89. The van der Waals surface area contributed by atoms with Crippen LogP contribution in [0.2, 0.25) is 0 Å². The Morgan fingerprint density at radius 3 is 2.78 bits per heavy atom. The molecule has 37 heavy (non-hydrogen) atoms. The number of primary amides is 1. The summed E-state index contributed by atoms with van der Waals surface area (Å²) >= 11 is 0. The molecule has 0 bridgehead atoms. The monoisotopic (exact) mass is 502 g/mol. The molecule has 1 amide bonds. The topological polar surface area (TPSA) is 142 Å². The highest BCUT2D eigenvalue weighted by molar-refractivity contribution is 5.99. The number of carbonyl (C=O) groups excluding carboxylic acids is 1. The minimum atomic E-state index is -0.656. The highest BCUT2D eigenvalue weighted by atomic mass is 16.5. The summed E-state index contributed by atoms with van der Waals surface area (Å²) in [5.41, 5.74) is 11.1. The number of nitrogens with one attached hydrogen (secondary N) is 1.